The van der Waals surface area contributed by atoms with E-state index in [0.717, 1.165) is 37.6 Å². The third-order valence-corrected chi connectivity index (χ3v) is 5.93. The normalized spacial score (nSPS) is 21.3. The summed E-state index contributed by atoms with van der Waals surface area (Å²) in [6.07, 6.45) is 8.61. The van der Waals surface area contributed by atoms with Crippen LogP contribution in [0.3, 0.4) is 0 Å². The third-order valence-electron chi connectivity index (χ3n) is 5.93. The van der Waals surface area contributed by atoms with Crippen LogP contribution in [0, 0.1) is 12.3 Å². The van der Waals surface area contributed by atoms with Gasteiger partial charge in [-0.1, -0.05) is 12.1 Å². The summed E-state index contributed by atoms with van der Waals surface area (Å²) in [5, 5.41) is 6.63. The van der Waals surface area contributed by atoms with Crippen molar-refractivity contribution < 1.29 is 4.79 Å². The summed E-state index contributed by atoms with van der Waals surface area (Å²) in [7, 11) is 0. The largest absolute Gasteiger partial charge is 0.351 e. The number of rotatable bonds is 6. The van der Waals surface area contributed by atoms with Gasteiger partial charge in [-0.15, -0.1) is 0 Å². The minimum Gasteiger partial charge on any atom is -0.351 e. The van der Waals surface area contributed by atoms with Crippen LogP contribution in [0.5, 0.6) is 0 Å². The van der Waals surface area contributed by atoms with Gasteiger partial charge < -0.3 is 15.2 Å². The Kier molecular flexibility index (Phi) is 4.81. The average Bonchev–Trinajstić information content (AvgIpc) is 3.34. The minimum absolute atomic E-state index is 0.0456. The zero-order valence-electron chi connectivity index (χ0n) is 15.5. The van der Waals surface area contributed by atoms with Crippen molar-refractivity contribution in [2.45, 2.75) is 45.1 Å². The zero-order valence-corrected chi connectivity index (χ0v) is 15.5. The molecular weight excluding hydrogens is 324 g/mol. The number of hydrogen-bond donors (Lipinski definition) is 2. The van der Waals surface area contributed by atoms with E-state index in [0.29, 0.717) is 5.92 Å². The first-order valence-electron chi connectivity index (χ1n) is 9.72. The Morgan fingerprint density at radius 2 is 2.31 bits per heavy atom. The monoisotopic (exact) mass is 352 g/mol. The highest BCUT2D eigenvalue weighted by atomic mass is 16.1. The quantitative estimate of drug-likeness (QED) is 0.840. The Morgan fingerprint density at radius 3 is 3.00 bits per heavy atom. The number of carbonyl (C=O) groups excluding carboxylic acids is 1. The van der Waals surface area contributed by atoms with E-state index in [2.05, 4.69) is 32.3 Å². The summed E-state index contributed by atoms with van der Waals surface area (Å²) in [6, 6.07) is 8.17. The fraction of sp³-hybridized carbons (Fsp3) is 0.524. The van der Waals surface area contributed by atoms with Crippen LogP contribution >= 0.6 is 0 Å². The second-order valence-electron chi connectivity index (χ2n) is 7.95. The maximum atomic E-state index is 12.7. The molecule has 0 bridgehead atoms. The predicted octanol–water partition coefficient (Wildman–Crippen LogP) is 2.87. The molecule has 138 valence electrons. The van der Waals surface area contributed by atoms with Crippen molar-refractivity contribution in [3.8, 4) is 0 Å². The number of imidazole rings is 1. The number of benzene rings is 1. The number of aryl methyl sites for hydroxylation is 1. The van der Waals surface area contributed by atoms with Crippen LogP contribution in [0.4, 0.5) is 0 Å². The van der Waals surface area contributed by atoms with Gasteiger partial charge in [0.05, 0.1) is 0 Å². The van der Waals surface area contributed by atoms with E-state index in [1.807, 2.05) is 31.5 Å². The molecule has 26 heavy (non-hydrogen) atoms. The van der Waals surface area contributed by atoms with Gasteiger partial charge in [-0.05, 0) is 62.8 Å². The average molecular weight is 352 g/mol. The van der Waals surface area contributed by atoms with Gasteiger partial charge in [0.2, 0.25) is 0 Å². The lowest BCUT2D eigenvalue weighted by atomic mass is 9.90. The first-order chi connectivity index (χ1) is 12.7. The van der Waals surface area contributed by atoms with Gasteiger partial charge in [0.25, 0.3) is 5.91 Å². The van der Waals surface area contributed by atoms with Gasteiger partial charge in [-0.2, -0.15) is 0 Å². The van der Waals surface area contributed by atoms with Crippen molar-refractivity contribution in [2.24, 2.45) is 5.41 Å². The Hall–Kier alpha value is -2.14. The van der Waals surface area contributed by atoms with Crippen molar-refractivity contribution in [3.63, 3.8) is 0 Å². The Balaban J connectivity index is 1.37. The number of piperidine rings is 1. The van der Waals surface area contributed by atoms with Gasteiger partial charge >= 0.3 is 0 Å². The lowest BCUT2D eigenvalue weighted by Crippen LogP contribution is -2.32. The molecule has 1 unspecified atom stereocenters. The molecule has 5 heteroatoms. The van der Waals surface area contributed by atoms with Crippen molar-refractivity contribution in [2.75, 3.05) is 19.6 Å². The predicted molar refractivity (Wildman–Crippen MR) is 102 cm³/mol. The number of carbonyl (C=O) groups is 1. The van der Waals surface area contributed by atoms with Gasteiger partial charge in [0.1, 0.15) is 5.82 Å². The molecular formula is C21H28N4O. The summed E-state index contributed by atoms with van der Waals surface area (Å²) in [5.41, 5.74) is 2.26. The molecule has 2 aliphatic rings. The molecule has 1 aromatic carbocycles. The van der Waals surface area contributed by atoms with Gasteiger partial charge in [0, 0.05) is 43.0 Å². The molecule has 2 fully saturated rings. The molecule has 1 amide bonds. The van der Waals surface area contributed by atoms with Crippen LogP contribution in [-0.4, -0.2) is 35.1 Å². The highest BCUT2D eigenvalue weighted by Crippen LogP contribution is 2.46. The van der Waals surface area contributed by atoms with Crippen LogP contribution in [0.1, 0.15) is 53.3 Å². The summed E-state index contributed by atoms with van der Waals surface area (Å²) >= 11 is 0. The maximum absolute atomic E-state index is 12.7. The number of nitrogens with one attached hydrogen (secondary N) is 2. The van der Waals surface area contributed by atoms with Crippen molar-refractivity contribution >= 4 is 5.91 Å². The standard InChI is InChI=1S/C21H28N4O/c1-16-23-10-11-25(16)15-21(7-8-21)14-24-20(26)18-5-2-4-17(12-18)19-6-3-9-22-13-19/h2,4-5,10-12,19,22H,3,6-9,13-15H2,1H3,(H,24,26). The number of nitrogens with zero attached hydrogens (tertiary/aromatic N) is 2. The van der Waals surface area contributed by atoms with E-state index < -0.39 is 0 Å². The summed E-state index contributed by atoms with van der Waals surface area (Å²) < 4.78 is 2.19. The van der Waals surface area contributed by atoms with Crippen LogP contribution in [0.2, 0.25) is 0 Å². The van der Waals surface area contributed by atoms with Crippen LogP contribution in [0.15, 0.2) is 36.7 Å². The van der Waals surface area contributed by atoms with E-state index in [1.54, 1.807) is 0 Å². The van der Waals surface area contributed by atoms with E-state index in [-0.39, 0.29) is 11.3 Å². The molecule has 2 aromatic rings. The van der Waals surface area contributed by atoms with E-state index in [1.165, 1.54) is 31.2 Å². The summed E-state index contributed by atoms with van der Waals surface area (Å²) in [4.78, 5) is 17.0. The molecule has 4 rings (SSSR count). The fourth-order valence-electron chi connectivity index (χ4n) is 3.94. The Morgan fingerprint density at radius 1 is 1.42 bits per heavy atom. The summed E-state index contributed by atoms with van der Waals surface area (Å²) in [6.45, 7) is 5.82. The first kappa shape index (κ1) is 17.3. The Labute approximate surface area is 155 Å². The smallest absolute Gasteiger partial charge is 0.251 e. The fourth-order valence-corrected chi connectivity index (χ4v) is 3.94. The second-order valence-corrected chi connectivity index (χ2v) is 7.95. The highest BCUT2D eigenvalue weighted by Gasteiger charge is 2.43. The van der Waals surface area contributed by atoms with Crippen molar-refractivity contribution in [1.82, 2.24) is 20.2 Å². The molecule has 1 aromatic heterocycles. The van der Waals surface area contributed by atoms with Crippen molar-refractivity contribution in [3.05, 3.63) is 53.6 Å². The number of hydrogen-bond acceptors (Lipinski definition) is 3. The second kappa shape index (κ2) is 7.23. The molecule has 1 aliphatic carbocycles. The van der Waals surface area contributed by atoms with E-state index in [9.17, 15) is 4.79 Å². The molecule has 2 heterocycles. The van der Waals surface area contributed by atoms with E-state index in [4.69, 9.17) is 0 Å². The number of aromatic nitrogens is 2. The topological polar surface area (TPSA) is 59.0 Å². The molecule has 1 atom stereocenters. The van der Waals surface area contributed by atoms with Crippen molar-refractivity contribution in [1.29, 1.82) is 0 Å². The molecule has 0 radical (unpaired) electrons. The maximum Gasteiger partial charge on any atom is 0.251 e. The van der Waals surface area contributed by atoms with Gasteiger partial charge in [-0.25, -0.2) is 4.98 Å². The van der Waals surface area contributed by atoms with Crippen LogP contribution in [-0.2, 0) is 6.54 Å². The molecule has 1 aliphatic heterocycles. The first-order valence-corrected chi connectivity index (χ1v) is 9.72. The van der Waals surface area contributed by atoms with Crippen LogP contribution < -0.4 is 10.6 Å². The number of amides is 1. The Bertz CT molecular complexity index is 772. The third kappa shape index (κ3) is 3.83. The lowest BCUT2D eigenvalue weighted by molar-refractivity contribution is 0.0942. The van der Waals surface area contributed by atoms with Gasteiger partial charge in [0.15, 0.2) is 0 Å². The molecule has 2 N–H and O–H groups in total. The van der Waals surface area contributed by atoms with Crippen LogP contribution in [0.25, 0.3) is 0 Å². The van der Waals surface area contributed by atoms with E-state index >= 15 is 0 Å². The summed E-state index contributed by atoms with van der Waals surface area (Å²) in [5.74, 6) is 1.61. The SMILES string of the molecule is Cc1nccn1CC1(CNC(=O)c2cccc(C3CCCNC3)c2)CC1. The lowest BCUT2D eigenvalue weighted by Gasteiger charge is -2.23. The van der Waals surface area contributed by atoms with Gasteiger partial charge in [-0.3, -0.25) is 4.79 Å². The zero-order chi connectivity index (χ0) is 18.0. The molecule has 1 saturated heterocycles. The minimum atomic E-state index is 0.0456. The molecule has 5 nitrogen and oxygen atoms in total. The highest BCUT2D eigenvalue weighted by molar-refractivity contribution is 5.94. The molecule has 0 spiro atoms. The molecule has 1 saturated carbocycles.